The molecule has 1 saturated heterocycles. The van der Waals surface area contributed by atoms with E-state index in [0.717, 1.165) is 36.2 Å². The van der Waals surface area contributed by atoms with Gasteiger partial charge in [0.15, 0.2) is 5.75 Å². The van der Waals surface area contributed by atoms with Crippen LogP contribution in [0.3, 0.4) is 0 Å². The Labute approximate surface area is 177 Å². The van der Waals surface area contributed by atoms with Crippen LogP contribution < -0.4 is 14.5 Å². The van der Waals surface area contributed by atoms with Crippen LogP contribution in [-0.2, 0) is 6.61 Å². The van der Waals surface area contributed by atoms with Crippen molar-refractivity contribution in [2.24, 2.45) is 0 Å². The van der Waals surface area contributed by atoms with E-state index in [2.05, 4.69) is 50.8 Å². The number of ether oxygens (including phenoxy) is 1. The Hall–Kier alpha value is -2.75. The van der Waals surface area contributed by atoms with Gasteiger partial charge in [0, 0.05) is 54.5 Å². The highest BCUT2D eigenvalue weighted by atomic mass is 79.9. The maximum atomic E-state index is 5.78. The summed E-state index contributed by atoms with van der Waals surface area (Å²) in [6.07, 6.45) is 6.90. The second kappa shape index (κ2) is 8.73. The molecule has 0 spiro atoms. The maximum Gasteiger partial charge on any atom is 0.266 e. The van der Waals surface area contributed by atoms with E-state index in [0.29, 0.717) is 30.1 Å². The van der Waals surface area contributed by atoms with Crippen molar-refractivity contribution in [2.45, 2.75) is 26.4 Å². The quantitative estimate of drug-likeness (QED) is 0.550. The van der Waals surface area contributed by atoms with Gasteiger partial charge < -0.3 is 19.1 Å². The van der Waals surface area contributed by atoms with E-state index >= 15 is 0 Å². The summed E-state index contributed by atoms with van der Waals surface area (Å²) in [6.45, 7) is 7.65. The Bertz CT molecular complexity index is 940. The third-order valence-corrected chi connectivity index (χ3v) is 5.35. The molecular formula is C19H22BrN7O2. The Balaban J connectivity index is 1.31. The van der Waals surface area contributed by atoms with E-state index in [1.165, 1.54) is 0 Å². The smallest absolute Gasteiger partial charge is 0.266 e. The van der Waals surface area contributed by atoms with Gasteiger partial charge in [-0.3, -0.25) is 4.98 Å². The van der Waals surface area contributed by atoms with Crippen molar-refractivity contribution in [1.29, 1.82) is 0 Å². The molecule has 0 atom stereocenters. The third kappa shape index (κ3) is 4.64. The predicted molar refractivity (Wildman–Crippen MR) is 111 cm³/mol. The van der Waals surface area contributed by atoms with Gasteiger partial charge in [0.2, 0.25) is 11.8 Å². The van der Waals surface area contributed by atoms with Crippen LogP contribution in [0.5, 0.6) is 5.75 Å². The second-order valence-corrected chi connectivity index (χ2v) is 7.89. The molecule has 1 aliphatic heterocycles. The van der Waals surface area contributed by atoms with Gasteiger partial charge in [-0.25, -0.2) is 9.97 Å². The summed E-state index contributed by atoms with van der Waals surface area (Å²) in [6, 6.07) is 1.91. The number of aromatic nitrogens is 5. The van der Waals surface area contributed by atoms with Crippen LogP contribution in [-0.4, -0.2) is 51.3 Å². The molecule has 3 aromatic heterocycles. The first kappa shape index (κ1) is 19.6. The van der Waals surface area contributed by atoms with Gasteiger partial charge in [0.25, 0.3) is 5.95 Å². The summed E-state index contributed by atoms with van der Waals surface area (Å²) in [7, 11) is 0. The molecule has 4 rings (SSSR count). The van der Waals surface area contributed by atoms with Crippen molar-refractivity contribution in [3.8, 4) is 5.75 Å². The lowest BCUT2D eigenvalue weighted by Gasteiger charge is -2.33. The number of hydrogen-bond donors (Lipinski definition) is 0. The van der Waals surface area contributed by atoms with Crippen LogP contribution in [0.4, 0.5) is 11.9 Å². The monoisotopic (exact) mass is 459 g/mol. The minimum absolute atomic E-state index is 0.228. The predicted octanol–water partition coefficient (Wildman–Crippen LogP) is 3.05. The molecule has 0 N–H and O–H groups in total. The lowest BCUT2D eigenvalue weighted by atomic mass is 10.2. The largest absolute Gasteiger partial charge is 0.486 e. The third-order valence-electron chi connectivity index (χ3n) is 4.64. The van der Waals surface area contributed by atoms with Crippen molar-refractivity contribution >= 4 is 27.8 Å². The zero-order valence-corrected chi connectivity index (χ0v) is 17.9. The summed E-state index contributed by atoms with van der Waals surface area (Å²) < 4.78 is 12.0. The lowest BCUT2D eigenvalue weighted by Crippen LogP contribution is -2.47. The average molecular weight is 460 g/mol. The van der Waals surface area contributed by atoms with Crippen molar-refractivity contribution in [1.82, 2.24) is 25.1 Å². The first-order chi connectivity index (χ1) is 14.1. The molecule has 1 aliphatic rings. The van der Waals surface area contributed by atoms with E-state index in [9.17, 15) is 0 Å². The molecule has 0 amide bonds. The van der Waals surface area contributed by atoms with Gasteiger partial charge in [-0.05, 0) is 27.2 Å². The molecule has 0 aromatic carbocycles. The van der Waals surface area contributed by atoms with E-state index in [1.807, 2.05) is 19.9 Å². The fourth-order valence-electron chi connectivity index (χ4n) is 2.93. The highest BCUT2D eigenvalue weighted by Crippen LogP contribution is 2.21. The minimum Gasteiger partial charge on any atom is -0.486 e. The number of rotatable bonds is 6. The Kier molecular flexibility index (Phi) is 5.89. The van der Waals surface area contributed by atoms with Crippen LogP contribution in [0.25, 0.3) is 0 Å². The summed E-state index contributed by atoms with van der Waals surface area (Å²) >= 11 is 3.46. The highest BCUT2D eigenvalue weighted by molar-refractivity contribution is 9.10. The molecule has 0 radical (unpaired) electrons. The first-order valence-electron chi connectivity index (χ1n) is 9.47. The van der Waals surface area contributed by atoms with Crippen molar-refractivity contribution < 1.29 is 9.26 Å². The molecule has 4 heterocycles. The number of pyridine rings is 1. The molecule has 29 heavy (non-hydrogen) atoms. The Morgan fingerprint density at radius 1 is 1.07 bits per heavy atom. The van der Waals surface area contributed by atoms with Gasteiger partial charge in [-0.2, -0.15) is 4.98 Å². The van der Waals surface area contributed by atoms with Crippen LogP contribution in [0.2, 0.25) is 0 Å². The average Bonchev–Trinajstić information content (AvgIpc) is 3.24. The van der Waals surface area contributed by atoms with E-state index in [-0.39, 0.29) is 5.92 Å². The maximum absolute atomic E-state index is 5.78. The van der Waals surface area contributed by atoms with Gasteiger partial charge in [-0.15, -0.1) is 0 Å². The van der Waals surface area contributed by atoms with Crippen LogP contribution in [0, 0.1) is 0 Å². The van der Waals surface area contributed by atoms with Gasteiger partial charge in [-0.1, -0.05) is 13.8 Å². The number of piperazine rings is 1. The zero-order valence-electron chi connectivity index (χ0n) is 16.3. The van der Waals surface area contributed by atoms with Crippen molar-refractivity contribution in [3.05, 3.63) is 46.8 Å². The summed E-state index contributed by atoms with van der Waals surface area (Å²) in [5.74, 6) is 2.87. The lowest BCUT2D eigenvalue weighted by molar-refractivity contribution is 0.302. The number of hydrogen-bond acceptors (Lipinski definition) is 9. The van der Waals surface area contributed by atoms with E-state index in [4.69, 9.17) is 9.26 Å². The van der Waals surface area contributed by atoms with Crippen molar-refractivity contribution in [3.63, 3.8) is 0 Å². The molecule has 0 unspecified atom stereocenters. The van der Waals surface area contributed by atoms with E-state index < -0.39 is 0 Å². The molecule has 0 saturated carbocycles. The topological polar surface area (TPSA) is 93.3 Å². The van der Waals surface area contributed by atoms with Crippen LogP contribution in [0.1, 0.15) is 31.2 Å². The van der Waals surface area contributed by atoms with Gasteiger partial charge in [0.1, 0.15) is 6.61 Å². The normalized spacial score (nSPS) is 14.5. The first-order valence-corrected chi connectivity index (χ1v) is 10.3. The number of nitrogens with zero attached hydrogens (tertiary/aromatic N) is 7. The molecule has 1 fully saturated rings. The molecular weight excluding hydrogens is 438 g/mol. The van der Waals surface area contributed by atoms with Gasteiger partial charge >= 0.3 is 0 Å². The SMILES string of the molecule is CC(C)c1nc(N2CCN(c3ncc(OCc4ccncc4Br)cn3)CC2)no1. The fourth-order valence-corrected chi connectivity index (χ4v) is 3.29. The zero-order chi connectivity index (χ0) is 20.2. The number of halogens is 1. The summed E-state index contributed by atoms with van der Waals surface area (Å²) in [5.41, 5.74) is 1.02. The van der Waals surface area contributed by atoms with Gasteiger partial charge in [0.05, 0.1) is 12.4 Å². The van der Waals surface area contributed by atoms with Crippen LogP contribution >= 0.6 is 15.9 Å². The fraction of sp³-hybridized carbons (Fsp3) is 0.421. The molecule has 10 heteroatoms. The van der Waals surface area contributed by atoms with Crippen molar-refractivity contribution in [2.75, 3.05) is 36.0 Å². The summed E-state index contributed by atoms with van der Waals surface area (Å²) in [4.78, 5) is 21.7. The molecule has 0 aliphatic carbocycles. The molecule has 0 bridgehead atoms. The van der Waals surface area contributed by atoms with E-state index in [1.54, 1.807) is 24.8 Å². The van der Waals surface area contributed by atoms with Crippen LogP contribution in [0.15, 0.2) is 39.8 Å². The summed E-state index contributed by atoms with van der Waals surface area (Å²) in [5, 5.41) is 4.09. The minimum atomic E-state index is 0.228. The Morgan fingerprint density at radius 2 is 1.76 bits per heavy atom. The number of anilines is 2. The molecule has 152 valence electrons. The Morgan fingerprint density at radius 3 is 2.38 bits per heavy atom. The molecule has 9 nitrogen and oxygen atoms in total. The molecule has 3 aromatic rings. The standard InChI is InChI=1S/C19H22BrN7O2/c1-13(2)17-24-19(25-29-17)27-7-5-26(6-8-27)18-22-9-15(10-23-18)28-12-14-3-4-21-11-16(14)20/h3-4,9-11,13H,5-8,12H2,1-2H3. The second-order valence-electron chi connectivity index (χ2n) is 7.04. The highest BCUT2D eigenvalue weighted by Gasteiger charge is 2.23.